The minimum atomic E-state index is 0.232. The number of nitrogens with one attached hydrogen (secondary N) is 2. The normalized spacial score (nSPS) is 16.5. The van der Waals surface area contributed by atoms with Crippen molar-refractivity contribution in [3.63, 3.8) is 0 Å². The molecule has 0 amide bonds. The van der Waals surface area contributed by atoms with Gasteiger partial charge in [0, 0.05) is 13.1 Å². The zero-order chi connectivity index (χ0) is 12.4. The van der Waals surface area contributed by atoms with Crippen LogP contribution in [-0.4, -0.2) is 51.2 Å². The molecule has 7 heteroatoms. The van der Waals surface area contributed by atoms with E-state index >= 15 is 0 Å². The average Bonchev–Trinajstić information content (AvgIpc) is 2.98. The molecule has 6 nitrogen and oxygen atoms in total. The van der Waals surface area contributed by atoms with Crippen molar-refractivity contribution in [2.75, 3.05) is 31.5 Å². The molecule has 0 unspecified atom stereocenters. The predicted molar refractivity (Wildman–Crippen MR) is 70.9 cm³/mol. The zero-order valence-corrected chi connectivity index (χ0v) is 10.7. The third kappa shape index (κ3) is 2.39. The van der Waals surface area contributed by atoms with Gasteiger partial charge in [0.1, 0.15) is 5.82 Å². The lowest BCUT2D eigenvalue weighted by atomic mass is 10.4. The van der Waals surface area contributed by atoms with Gasteiger partial charge in [0.05, 0.1) is 11.6 Å². The lowest BCUT2D eigenvalue weighted by molar-refractivity contribution is 0.352. The van der Waals surface area contributed by atoms with Gasteiger partial charge in [-0.25, -0.2) is 0 Å². The van der Waals surface area contributed by atoms with Crippen molar-refractivity contribution in [1.29, 1.82) is 0 Å². The van der Waals surface area contributed by atoms with Gasteiger partial charge in [-0.05, 0) is 37.5 Å². The number of nitrogens with zero attached hydrogens (tertiary/aromatic N) is 4. The average molecular weight is 267 g/mol. The monoisotopic (exact) mass is 266 g/mol. The maximum atomic E-state index is 5.87. The quantitative estimate of drug-likeness (QED) is 0.821. The summed E-state index contributed by atoms with van der Waals surface area (Å²) in [5.41, 5.74) is 0.665. The van der Waals surface area contributed by atoms with Gasteiger partial charge in [-0.2, -0.15) is 15.1 Å². The van der Waals surface area contributed by atoms with E-state index in [-0.39, 0.29) is 5.28 Å². The van der Waals surface area contributed by atoms with E-state index < -0.39 is 0 Å². The van der Waals surface area contributed by atoms with E-state index in [1.807, 2.05) is 0 Å². The summed E-state index contributed by atoms with van der Waals surface area (Å²) in [5.74, 6) is 0.748. The first-order chi connectivity index (χ1) is 8.83. The molecule has 1 aliphatic rings. The summed E-state index contributed by atoms with van der Waals surface area (Å²) in [5, 5.41) is 11.2. The Balaban J connectivity index is 1.67. The number of anilines is 1. The van der Waals surface area contributed by atoms with Crippen LogP contribution in [0.4, 0.5) is 5.82 Å². The van der Waals surface area contributed by atoms with Gasteiger partial charge in [0.2, 0.25) is 5.28 Å². The van der Waals surface area contributed by atoms with Gasteiger partial charge in [-0.1, -0.05) is 0 Å². The highest BCUT2D eigenvalue weighted by molar-refractivity contribution is 6.28. The van der Waals surface area contributed by atoms with Crippen LogP contribution in [-0.2, 0) is 0 Å². The molecule has 2 aromatic heterocycles. The number of rotatable bonds is 4. The maximum absolute atomic E-state index is 5.87. The van der Waals surface area contributed by atoms with Crippen molar-refractivity contribution in [3.8, 4) is 0 Å². The van der Waals surface area contributed by atoms with E-state index in [1.54, 1.807) is 6.20 Å². The smallest absolute Gasteiger partial charge is 0.226 e. The van der Waals surface area contributed by atoms with Crippen LogP contribution in [0.25, 0.3) is 11.0 Å². The molecule has 0 atom stereocenters. The first kappa shape index (κ1) is 11.7. The van der Waals surface area contributed by atoms with E-state index in [0.29, 0.717) is 5.65 Å². The fourth-order valence-corrected chi connectivity index (χ4v) is 2.45. The van der Waals surface area contributed by atoms with Crippen molar-refractivity contribution in [2.45, 2.75) is 12.8 Å². The molecule has 0 bridgehead atoms. The maximum Gasteiger partial charge on any atom is 0.226 e. The predicted octanol–water partition coefficient (Wildman–Crippen LogP) is 1.51. The Hall–Kier alpha value is -1.40. The Morgan fingerprint density at radius 3 is 3.00 bits per heavy atom. The second-order valence-corrected chi connectivity index (χ2v) is 4.79. The molecule has 3 heterocycles. The van der Waals surface area contributed by atoms with Gasteiger partial charge < -0.3 is 10.2 Å². The minimum absolute atomic E-state index is 0.232. The van der Waals surface area contributed by atoms with Crippen molar-refractivity contribution in [2.24, 2.45) is 0 Å². The second-order valence-electron chi connectivity index (χ2n) is 4.45. The van der Waals surface area contributed by atoms with Crippen LogP contribution in [0.15, 0.2) is 6.20 Å². The number of aromatic amines is 1. The topological polar surface area (TPSA) is 69.7 Å². The van der Waals surface area contributed by atoms with Crippen LogP contribution in [0.3, 0.4) is 0 Å². The van der Waals surface area contributed by atoms with E-state index in [0.717, 1.165) is 24.3 Å². The summed E-state index contributed by atoms with van der Waals surface area (Å²) in [6.07, 6.45) is 4.33. The SMILES string of the molecule is Clc1nc(NCCN2CCCC2)c2cn[nH]c2n1. The number of H-pyrrole nitrogens is 1. The van der Waals surface area contributed by atoms with Gasteiger partial charge >= 0.3 is 0 Å². The first-order valence-electron chi connectivity index (χ1n) is 6.16. The van der Waals surface area contributed by atoms with Crippen LogP contribution >= 0.6 is 11.6 Å². The molecular weight excluding hydrogens is 252 g/mol. The molecule has 0 saturated carbocycles. The summed E-state index contributed by atoms with van der Waals surface area (Å²) in [6, 6.07) is 0. The molecule has 0 aliphatic carbocycles. The minimum Gasteiger partial charge on any atom is -0.368 e. The molecule has 0 radical (unpaired) electrons. The molecule has 1 fully saturated rings. The van der Waals surface area contributed by atoms with Crippen LogP contribution in [0, 0.1) is 0 Å². The molecule has 18 heavy (non-hydrogen) atoms. The lowest BCUT2D eigenvalue weighted by Gasteiger charge is -2.15. The van der Waals surface area contributed by atoms with Crippen molar-refractivity contribution in [3.05, 3.63) is 11.5 Å². The Morgan fingerprint density at radius 1 is 1.33 bits per heavy atom. The Kier molecular flexibility index (Phi) is 3.29. The highest BCUT2D eigenvalue weighted by Crippen LogP contribution is 2.19. The van der Waals surface area contributed by atoms with E-state index in [9.17, 15) is 0 Å². The summed E-state index contributed by atoms with van der Waals surface area (Å²) in [7, 11) is 0. The van der Waals surface area contributed by atoms with Crippen LogP contribution < -0.4 is 5.32 Å². The number of aromatic nitrogens is 4. The first-order valence-corrected chi connectivity index (χ1v) is 6.53. The third-order valence-corrected chi connectivity index (χ3v) is 3.37. The molecule has 96 valence electrons. The molecule has 0 spiro atoms. The molecule has 1 aliphatic heterocycles. The standard InChI is InChI=1S/C11H15ClN6/c12-11-15-9(8-7-14-17-10(8)16-11)13-3-6-18-4-1-2-5-18/h7H,1-6H2,(H2,13,14,15,16,17). The number of hydrogen-bond donors (Lipinski definition) is 2. The largest absolute Gasteiger partial charge is 0.368 e. The highest BCUT2D eigenvalue weighted by Gasteiger charge is 2.12. The molecular formula is C11H15ClN6. The Bertz CT molecular complexity index is 533. The van der Waals surface area contributed by atoms with E-state index in [4.69, 9.17) is 11.6 Å². The van der Waals surface area contributed by atoms with Crippen molar-refractivity contribution < 1.29 is 0 Å². The fourth-order valence-electron chi connectivity index (χ4n) is 2.28. The third-order valence-electron chi connectivity index (χ3n) is 3.20. The van der Waals surface area contributed by atoms with Gasteiger partial charge in [-0.15, -0.1) is 0 Å². The number of likely N-dealkylation sites (tertiary alicyclic amines) is 1. The highest BCUT2D eigenvalue weighted by atomic mass is 35.5. The summed E-state index contributed by atoms with van der Waals surface area (Å²) in [6.45, 7) is 4.29. The molecule has 1 saturated heterocycles. The van der Waals surface area contributed by atoms with Gasteiger partial charge in [-0.3, -0.25) is 5.10 Å². The molecule has 2 aromatic rings. The van der Waals surface area contributed by atoms with Crippen molar-refractivity contribution >= 4 is 28.5 Å². The molecule has 3 rings (SSSR count). The molecule has 2 N–H and O–H groups in total. The van der Waals surface area contributed by atoms with Crippen LogP contribution in [0.5, 0.6) is 0 Å². The zero-order valence-electron chi connectivity index (χ0n) is 9.99. The number of fused-ring (bicyclic) bond motifs is 1. The van der Waals surface area contributed by atoms with Crippen LogP contribution in [0.1, 0.15) is 12.8 Å². The summed E-state index contributed by atoms with van der Waals surface area (Å²) >= 11 is 5.87. The second kappa shape index (κ2) is 5.07. The lowest BCUT2D eigenvalue weighted by Crippen LogP contribution is -2.26. The fraction of sp³-hybridized carbons (Fsp3) is 0.545. The van der Waals surface area contributed by atoms with E-state index in [1.165, 1.54) is 25.9 Å². The molecule has 0 aromatic carbocycles. The van der Waals surface area contributed by atoms with E-state index in [2.05, 4.69) is 30.4 Å². The number of hydrogen-bond acceptors (Lipinski definition) is 5. The van der Waals surface area contributed by atoms with Crippen LogP contribution in [0.2, 0.25) is 5.28 Å². The van der Waals surface area contributed by atoms with Gasteiger partial charge in [0.25, 0.3) is 0 Å². The number of halogens is 1. The Labute approximate surface area is 110 Å². The van der Waals surface area contributed by atoms with Gasteiger partial charge in [0.15, 0.2) is 5.65 Å². The van der Waals surface area contributed by atoms with Crippen molar-refractivity contribution in [1.82, 2.24) is 25.1 Å². The summed E-state index contributed by atoms with van der Waals surface area (Å²) in [4.78, 5) is 10.7. The summed E-state index contributed by atoms with van der Waals surface area (Å²) < 4.78 is 0. The Morgan fingerprint density at radius 2 is 2.17 bits per heavy atom.